The van der Waals surface area contributed by atoms with Crippen LogP contribution in [0.5, 0.6) is 0 Å². The Bertz CT molecular complexity index is 1510. The minimum absolute atomic E-state index is 0.0499. The fourth-order valence-corrected chi connectivity index (χ4v) is 4.91. The molecule has 0 heterocycles. The maximum absolute atomic E-state index is 13.7. The van der Waals surface area contributed by atoms with E-state index >= 15 is 0 Å². The number of ether oxygens (including phenoxy) is 3. The van der Waals surface area contributed by atoms with Crippen LogP contribution in [0, 0.1) is 5.92 Å². The van der Waals surface area contributed by atoms with Crippen LogP contribution in [0.2, 0.25) is 0 Å². The Balaban J connectivity index is 1.48. The number of carbonyl (C=O) groups is 3. The van der Waals surface area contributed by atoms with Crippen molar-refractivity contribution in [2.75, 3.05) is 20.2 Å². The van der Waals surface area contributed by atoms with E-state index in [9.17, 15) is 14.4 Å². The average molecular weight is 623 g/mol. The molecule has 8 nitrogen and oxygen atoms in total. The summed E-state index contributed by atoms with van der Waals surface area (Å²) in [6.07, 6.45) is -0.793. The third-order valence-electron chi connectivity index (χ3n) is 7.34. The van der Waals surface area contributed by atoms with E-state index in [-0.39, 0.29) is 32.1 Å². The second-order valence-electron chi connectivity index (χ2n) is 11.5. The Morgan fingerprint density at radius 3 is 1.65 bits per heavy atom. The first kappa shape index (κ1) is 33.9. The van der Waals surface area contributed by atoms with Gasteiger partial charge in [0.05, 0.1) is 6.54 Å². The molecule has 8 heteroatoms. The summed E-state index contributed by atoms with van der Waals surface area (Å²) < 4.78 is 16.6. The summed E-state index contributed by atoms with van der Waals surface area (Å²) in [6, 6.07) is 35.1. The number of nitrogens with one attached hydrogen (secondary N) is 1. The quantitative estimate of drug-likeness (QED) is 0.154. The third kappa shape index (κ3) is 10.6. The molecule has 4 aromatic rings. The van der Waals surface area contributed by atoms with Gasteiger partial charge < -0.3 is 24.4 Å². The largest absolute Gasteiger partial charge is 0.459 e. The Kier molecular flexibility index (Phi) is 12.9. The molecular weight excluding hydrogens is 580 g/mol. The van der Waals surface area contributed by atoms with Crippen molar-refractivity contribution in [1.82, 2.24) is 10.2 Å². The summed E-state index contributed by atoms with van der Waals surface area (Å²) >= 11 is 0. The Labute approximate surface area is 271 Å². The van der Waals surface area contributed by atoms with Gasteiger partial charge in [0, 0.05) is 20.1 Å². The predicted molar refractivity (Wildman–Crippen MR) is 178 cm³/mol. The van der Waals surface area contributed by atoms with Crippen LogP contribution in [-0.4, -0.2) is 55.2 Å². The summed E-state index contributed by atoms with van der Waals surface area (Å²) in [5.41, 5.74) is 4.67. The molecule has 2 atom stereocenters. The van der Waals surface area contributed by atoms with E-state index in [0.29, 0.717) is 6.54 Å². The van der Waals surface area contributed by atoms with E-state index in [2.05, 4.69) is 5.32 Å². The van der Waals surface area contributed by atoms with Crippen molar-refractivity contribution in [3.05, 3.63) is 132 Å². The minimum atomic E-state index is -1.01. The normalized spacial score (nSPS) is 12.2. The lowest BCUT2D eigenvalue weighted by Gasteiger charge is -2.29. The zero-order chi connectivity index (χ0) is 32.7. The van der Waals surface area contributed by atoms with Gasteiger partial charge in [-0.1, -0.05) is 129 Å². The summed E-state index contributed by atoms with van der Waals surface area (Å²) in [4.78, 5) is 41.6. The number of hydrogen-bond acceptors (Lipinski definition) is 6. The number of benzene rings is 4. The van der Waals surface area contributed by atoms with Crippen molar-refractivity contribution in [2.45, 2.75) is 45.6 Å². The van der Waals surface area contributed by atoms with E-state index < -0.39 is 30.1 Å². The van der Waals surface area contributed by atoms with Crippen molar-refractivity contribution in [3.63, 3.8) is 0 Å². The molecule has 46 heavy (non-hydrogen) atoms. The molecule has 240 valence electrons. The highest BCUT2D eigenvalue weighted by atomic mass is 16.6. The van der Waals surface area contributed by atoms with E-state index in [4.69, 9.17) is 14.2 Å². The lowest BCUT2D eigenvalue weighted by Crippen LogP contribution is -2.53. The van der Waals surface area contributed by atoms with Gasteiger partial charge in [0.15, 0.2) is 6.10 Å². The molecule has 2 amide bonds. The third-order valence-corrected chi connectivity index (χ3v) is 7.34. The van der Waals surface area contributed by atoms with Crippen molar-refractivity contribution < 1.29 is 28.6 Å². The molecule has 0 radical (unpaired) electrons. The monoisotopic (exact) mass is 622 g/mol. The minimum Gasteiger partial charge on any atom is -0.459 e. The van der Waals surface area contributed by atoms with Crippen LogP contribution in [0.1, 0.15) is 30.5 Å². The fraction of sp³-hybridized carbons (Fsp3) is 0.289. The molecule has 0 aliphatic heterocycles. The Morgan fingerprint density at radius 2 is 1.13 bits per heavy atom. The van der Waals surface area contributed by atoms with Gasteiger partial charge in [-0.15, -0.1) is 0 Å². The highest BCUT2D eigenvalue weighted by molar-refractivity contribution is 5.84. The smallest absolute Gasteiger partial charge is 0.337 e. The van der Waals surface area contributed by atoms with E-state index in [1.54, 1.807) is 0 Å². The van der Waals surface area contributed by atoms with Gasteiger partial charge in [0.25, 0.3) is 0 Å². The van der Waals surface area contributed by atoms with Crippen LogP contribution in [0.3, 0.4) is 0 Å². The van der Waals surface area contributed by atoms with Gasteiger partial charge >= 0.3 is 18.0 Å². The zero-order valence-corrected chi connectivity index (χ0v) is 26.6. The molecule has 4 aromatic carbocycles. The predicted octanol–water partition coefficient (Wildman–Crippen LogP) is 6.43. The van der Waals surface area contributed by atoms with Crippen molar-refractivity contribution in [3.8, 4) is 11.1 Å². The summed E-state index contributed by atoms with van der Waals surface area (Å²) in [5, 5.41) is 2.88. The highest BCUT2D eigenvalue weighted by Gasteiger charge is 2.30. The second kappa shape index (κ2) is 17.5. The van der Waals surface area contributed by atoms with Crippen molar-refractivity contribution in [2.24, 2.45) is 5.92 Å². The molecule has 4 rings (SSSR count). The van der Waals surface area contributed by atoms with E-state index in [1.807, 2.05) is 129 Å². The van der Waals surface area contributed by atoms with Crippen LogP contribution in [-0.2, 0) is 43.4 Å². The molecule has 1 unspecified atom stereocenters. The van der Waals surface area contributed by atoms with Crippen LogP contribution >= 0.6 is 0 Å². The maximum atomic E-state index is 13.7. The number of rotatable bonds is 15. The molecule has 0 saturated carbocycles. The molecule has 1 N–H and O–H groups in total. The summed E-state index contributed by atoms with van der Waals surface area (Å²) in [7, 11) is 1.41. The van der Waals surface area contributed by atoms with Gasteiger partial charge in [-0.2, -0.15) is 0 Å². The van der Waals surface area contributed by atoms with Gasteiger partial charge in [0.2, 0.25) is 0 Å². The Morgan fingerprint density at radius 1 is 0.630 bits per heavy atom. The molecule has 0 fully saturated rings. The first-order chi connectivity index (χ1) is 22.3. The standard InChI is InChI=1S/C38H42N2O6/c1-28(2)24-40(25-35(44-3)37(42)46-27-31-15-9-5-10-16-31)38(43)39-34(36(41)45-26-30-13-7-4-8-14-30)23-29-19-21-33(22-20-29)32-17-11-6-12-18-32/h4-22,28,34-35H,23-27H2,1-3H3,(H,39,43)/t34-,35?/m0/s1. The summed E-state index contributed by atoms with van der Waals surface area (Å²) in [6.45, 7) is 4.38. The SMILES string of the molecule is COC(CN(CC(C)C)C(=O)N[C@@H](Cc1ccc(-c2ccccc2)cc1)C(=O)OCc1ccccc1)C(=O)OCc1ccccc1. The molecule has 0 aliphatic carbocycles. The van der Waals surface area contributed by atoms with Crippen molar-refractivity contribution in [1.29, 1.82) is 0 Å². The first-order valence-electron chi connectivity index (χ1n) is 15.5. The number of carbonyl (C=O) groups excluding carboxylic acids is 3. The Hall–Kier alpha value is -4.95. The van der Waals surface area contributed by atoms with Gasteiger partial charge in [-0.3, -0.25) is 0 Å². The van der Waals surface area contributed by atoms with E-state index in [0.717, 1.165) is 27.8 Å². The van der Waals surface area contributed by atoms with Crippen molar-refractivity contribution >= 4 is 18.0 Å². The highest BCUT2D eigenvalue weighted by Crippen LogP contribution is 2.20. The van der Waals surface area contributed by atoms with Crippen LogP contribution < -0.4 is 5.32 Å². The molecule has 0 spiro atoms. The first-order valence-corrected chi connectivity index (χ1v) is 15.5. The topological polar surface area (TPSA) is 94.2 Å². The molecule has 0 aromatic heterocycles. The number of amides is 2. The number of methoxy groups -OCH3 is 1. The van der Waals surface area contributed by atoms with Gasteiger partial charge in [0.1, 0.15) is 19.3 Å². The van der Waals surface area contributed by atoms with Crippen LogP contribution in [0.15, 0.2) is 115 Å². The van der Waals surface area contributed by atoms with E-state index in [1.165, 1.54) is 12.0 Å². The average Bonchev–Trinajstić information content (AvgIpc) is 3.09. The van der Waals surface area contributed by atoms with Crippen LogP contribution in [0.4, 0.5) is 4.79 Å². The maximum Gasteiger partial charge on any atom is 0.337 e. The number of esters is 2. The van der Waals surface area contributed by atoms with Crippen LogP contribution in [0.25, 0.3) is 11.1 Å². The molecule has 0 aliphatic rings. The lowest BCUT2D eigenvalue weighted by molar-refractivity contribution is -0.157. The lowest BCUT2D eigenvalue weighted by atomic mass is 10.0. The fourth-order valence-electron chi connectivity index (χ4n) is 4.91. The number of urea groups is 1. The zero-order valence-electron chi connectivity index (χ0n) is 26.6. The molecular formula is C38H42N2O6. The molecule has 0 saturated heterocycles. The second-order valence-corrected chi connectivity index (χ2v) is 11.5. The van der Waals surface area contributed by atoms with Gasteiger partial charge in [-0.05, 0) is 33.7 Å². The number of hydrogen-bond donors (Lipinski definition) is 1. The molecule has 0 bridgehead atoms. The summed E-state index contributed by atoms with van der Waals surface area (Å²) in [5.74, 6) is -1.05. The number of nitrogens with zero attached hydrogens (tertiary/aromatic N) is 1. The van der Waals surface area contributed by atoms with Gasteiger partial charge in [-0.25, -0.2) is 14.4 Å².